The van der Waals surface area contributed by atoms with Gasteiger partial charge >= 0.3 is 6.18 Å². The Kier molecular flexibility index (Phi) is 1.87. The van der Waals surface area contributed by atoms with Crippen LogP contribution in [0.4, 0.5) is 13.2 Å². The first-order valence-corrected chi connectivity index (χ1v) is 3.76. The van der Waals surface area contributed by atoms with E-state index in [4.69, 9.17) is 0 Å². The molecular formula is C7H5F3N4. The normalized spacial score (nSPS) is 12.2. The zero-order valence-electron chi connectivity index (χ0n) is 6.86. The van der Waals surface area contributed by atoms with Crippen LogP contribution in [0.1, 0.15) is 0 Å². The average Bonchev–Trinajstić information content (AvgIpc) is 2.47. The van der Waals surface area contributed by atoms with E-state index < -0.39 is 12.7 Å². The lowest BCUT2D eigenvalue weighted by Crippen LogP contribution is -2.18. The standard InChI is InChI=1S/C7H5F3N4/c8-7(9,10)4-14-6-1-2-11-3-5(6)12-13-14/h1-3H,4H2. The van der Waals surface area contributed by atoms with E-state index in [-0.39, 0.29) is 0 Å². The summed E-state index contributed by atoms with van der Waals surface area (Å²) < 4.78 is 36.9. The predicted octanol–water partition coefficient (Wildman–Crippen LogP) is 1.39. The van der Waals surface area contributed by atoms with Crippen LogP contribution in [0.2, 0.25) is 0 Å². The molecule has 0 unspecified atom stereocenters. The third-order valence-electron chi connectivity index (χ3n) is 1.65. The number of pyridine rings is 1. The Balaban J connectivity index is 2.44. The Morgan fingerprint density at radius 1 is 1.36 bits per heavy atom. The molecule has 2 aromatic heterocycles. The first-order valence-electron chi connectivity index (χ1n) is 3.76. The van der Waals surface area contributed by atoms with E-state index in [0.717, 1.165) is 4.68 Å². The summed E-state index contributed by atoms with van der Waals surface area (Å²) in [6, 6.07) is 1.45. The Labute approximate surface area is 76.4 Å². The molecule has 0 fully saturated rings. The topological polar surface area (TPSA) is 43.6 Å². The summed E-state index contributed by atoms with van der Waals surface area (Å²) in [5.41, 5.74) is 0.689. The molecular weight excluding hydrogens is 197 g/mol. The SMILES string of the molecule is FC(F)(F)Cn1nnc2cnccc21. The van der Waals surface area contributed by atoms with Gasteiger partial charge in [0.2, 0.25) is 0 Å². The minimum atomic E-state index is -4.29. The lowest BCUT2D eigenvalue weighted by atomic mass is 10.4. The maximum absolute atomic E-state index is 12.0. The third kappa shape index (κ3) is 1.66. The highest BCUT2D eigenvalue weighted by Gasteiger charge is 2.29. The van der Waals surface area contributed by atoms with Crippen LogP contribution in [0.5, 0.6) is 0 Å². The van der Waals surface area contributed by atoms with Crippen LogP contribution in [-0.2, 0) is 6.54 Å². The molecule has 0 radical (unpaired) electrons. The van der Waals surface area contributed by atoms with Gasteiger partial charge in [-0.1, -0.05) is 5.21 Å². The molecule has 0 bridgehead atoms. The van der Waals surface area contributed by atoms with Crippen LogP contribution in [0.3, 0.4) is 0 Å². The summed E-state index contributed by atoms with van der Waals surface area (Å²) in [5, 5.41) is 6.94. The van der Waals surface area contributed by atoms with Crippen molar-refractivity contribution in [2.45, 2.75) is 12.7 Å². The van der Waals surface area contributed by atoms with E-state index in [1.165, 1.54) is 18.5 Å². The van der Waals surface area contributed by atoms with Gasteiger partial charge < -0.3 is 0 Å². The van der Waals surface area contributed by atoms with Gasteiger partial charge in [-0.2, -0.15) is 13.2 Å². The molecule has 0 aliphatic heterocycles. The number of rotatable bonds is 1. The summed E-state index contributed by atoms with van der Waals surface area (Å²) in [6.45, 7) is -1.13. The zero-order chi connectivity index (χ0) is 10.2. The number of hydrogen-bond donors (Lipinski definition) is 0. The van der Waals surface area contributed by atoms with Gasteiger partial charge in [0.15, 0.2) is 0 Å². The number of halogens is 3. The van der Waals surface area contributed by atoms with Gasteiger partial charge in [0.1, 0.15) is 12.1 Å². The molecule has 0 aliphatic rings. The number of hydrogen-bond acceptors (Lipinski definition) is 3. The van der Waals surface area contributed by atoms with Crippen LogP contribution in [0.15, 0.2) is 18.5 Å². The van der Waals surface area contributed by atoms with E-state index in [0.29, 0.717) is 11.0 Å². The lowest BCUT2D eigenvalue weighted by Gasteiger charge is -2.05. The van der Waals surface area contributed by atoms with Crippen molar-refractivity contribution in [3.63, 3.8) is 0 Å². The molecule has 7 heteroatoms. The molecule has 14 heavy (non-hydrogen) atoms. The van der Waals surface area contributed by atoms with E-state index in [9.17, 15) is 13.2 Å². The number of fused-ring (bicyclic) bond motifs is 1. The molecule has 0 atom stereocenters. The Bertz CT molecular complexity index is 447. The molecule has 0 saturated carbocycles. The first-order chi connectivity index (χ1) is 6.56. The van der Waals surface area contributed by atoms with Crippen molar-refractivity contribution in [2.24, 2.45) is 0 Å². The average molecular weight is 202 g/mol. The van der Waals surface area contributed by atoms with Crippen molar-refractivity contribution in [3.8, 4) is 0 Å². The Hall–Kier alpha value is -1.66. The first kappa shape index (κ1) is 8.92. The Morgan fingerprint density at radius 3 is 2.86 bits per heavy atom. The van der Waals surface area contributed by atoms with Crippen LogP contribution in [-0.4, -0.2) is 26.2 Å². The Morgan fingerprint density at radius 2 is 2.14 bits per heavy atom. The zero-order valence-corrected chi connectivity index (χ0v) is 6.86. The molecule has 0 aromatic carbocycles. The smallest absolute Gasteiger partial charge is 0.262 e. The van der Waals surface area contributed by atoms with Crippen LogP contribution < -0.4 is 0 Å². The maximum atomic E-state index is 12.0. The molecule has 4 nitrogen and oxygen atoms in total. The van der Waals surface area contributed by atoms with Gasteiger partial charge in [0.25, 0.3) is 0 Å². The molecule has 0 spiro atoms. The minimum Gasteiger partial charge on any atom is -0.262 e. The summed E-state index contributed by atoms with van der Waals surface area (Å²) in [6.07, 6.45) is -1.52. The van der Waals surface area contributed by atoms with E-state index in [2.05, 4.69) is 15.3 Å². The predicted molar refractivity (Wildman–Crippen MR) is 41.4 cm³/mol. The van der Waals surface area contributed by atoms with Crippen molar-refractivity contribution in [1.82, 2.24) is 20.0 Å². The summed E-state index contributed by atoms with van der Waals surface area (Å²) >= 11 is 0. The monoisotopic (exact) mass is 202 g/mol. The molecule has 2 heterocycles. The summed E-state index contributed by atoms with van der Waals surface area (Å²) in [5.74, 6) is 0. The fourth-order valence-electron chi connectivity index (χ4n) is 1.11. The number of alkyl halides is 3. The van der Waals surface area contributed by atoms with Crippen molar-refractivity contribution < 1.29 is 13.2 Å². The molecule has 2 aromatic rings. The minimum absolute atomic E-state index is 0.331. The second-order valence-electron chi connectivity index (χ2n) is 2.73. The largest absolute Gasteiger partial charge is 0.408 e. The van der Waals surface area contributed by atoms with Crippen molar-refractivity contribution in [2.75, 3.05) is 0 Å². The highest BCUT2D eigenvalue weighted by atomic mass is 19.4. The second kappa shape index (κ2) is 2.93. The molecule has 2 rings (SSSR count). The number of nitrogens with zero attached hydrogens (tertiary/aromatic N) is 4. The maximum Gasteiger partial charge on any atom is 0.408 e. The highest BCUT2D eigenvalue weighted by Crippen LogP contribution is 2.19. The van der Waals surface area contributed by atoms with Crippen LogP contribution in [0, 0.1) is 0 Å². The fraction of sp³-hybridized carbons (Fsp3) is 0.286. The summed E-state index contributed by atoms with van der Waals surface area (Å²) in [4.78, 5) is 3.73. The van der Waals surface area contributed by atoms with Crippen LogP contribution in [0.25, 0.3) is 11.0 Å². The van der Waals surface area contributed by atoms with Gasteiger partial charge in [-0.05, 0) is 6.07 Å². The van der Waals surface area contributed by atoms with Crippen molar-refractivity contribution in [3.05, 3.63) is 18.5 Å². The van der Waals surface area contributed by atoms with Crippen molar-refractivity contribution in [1.29, 1.82) is 0 Å². The van der Waals surface area contributed by atoms with Gasteiger partial charge in [0.05, 0.1) is 11.7 Å². The van der Waals surface area contributed by atoms with E-state index >= 15 is 0 Å². The summed E-state index contributed by atoms with van der Waals surface area (Å²) in [7, 11) is 0. The van der Waals surface area contributed by atoms with Gasteiger partial charge in [-0.15, -0.1) is 5.10 Å². The van der Waals surface area contributed by atoms with Gasteiger partial charge in [-0.25, -0.2) is 4.68 Å². The molecule has 0 amide bonds. The highest BCUT2D eigenvalue weighted by molar-refractivity contribution is 5.72. The van der Waals surface area contributed by atoms with Crippen molar-refractivity contribution >= 4 is 11.0 Å². The lowest BCUT2D eigenvalue weighted by molar-refractivity contribution is -0.142. The molecule has 74 valence electrons. The molecule has 0 aliphatic carbocycles. The number of aromatic nitrogens is 4. The van der Waals surface area contributed by atoms with E-state index in [1.807, 2.05) is 0 Å². The quantitative estimate of drug-likeness (QED) is 0.701. The van der Waals surface area contributed by atoms with E-state index in [1.54, 1.807) is 0 Å². The molecule has 0 saturated heterocycles. The van der Waals surface area contributed by atoms with Crippen LogP contribution >= 0.6 is 0 Å². The fourth-order valence-corrected chi connectivity index (χ4v) is 1.11. The van der Waals surface area contributed by atoms with Gasteiger partial charge in [-0.3, -0.25) is 4.98 Å². The van der Waals surface area contributed by atoms with Gasteiger partial charge in [0, 0.05) is 6.20 Å². The third-order valence-corrected chi connectivity index (χ3v) is 1.65. The molecule has 0 N–H and O–H groups in total. The second-order valence-corrected chi connectivity index (χ2v) is 2.73.